The lowest BCUT2D eigenvalue weighted by atomic mass is 9.77. The molecule has 0 aliphatic heterocycles. The number of rotatable bonds is 2. The number of aryl methyl sites for hydroxylation is 1. The topological polar surface area (TPSA) is 51.8 Å². The molecular weight excluding hydrogens is 222 g/mol. The molecular formula is C15H17N3. The molecule has 2 unspecified atom stereocenters. The van der Waals surface area contributed by atoms with Crippen LogP contribution in [-0.2, 0) is 6.42 Å². The van der Waals surface area contributed by atoms with Crippen molar-refractivity contribution in [2.24, 2.45) is 5.73 Å². The Labute approximate surface area is 107 Å². The maximum absolute atomic E-state index is 5.88. The van der Waals surface area contributed by atoms with E-state index in [0.29, 0.717) is 5.92 Å². The van der Waals surface area contributed by atoms with E-state index in [4.69, 9.17) is 5.73 Å². The maximum Gasteiger partial charge on any atom is 0.136 e. The monoisotopic (exact) mass is 239 g/mol. The molecule has 92 valence electrons. The van der Waals surface area contributed by atoms with E-state index in [1.807, 2.05) is 20.0 Å². The summed E-state index contributed by atoms with van der Waals surface area (Å²) in [5.41, 5.74) is 10.7. The molecule has 2 aromatic rings. The van der Waals surface area contributed by atoms with Crippen molar-refractivity contribution in [2.45, 2.75) is 32.2 Å². The number of nitrogens with zero attached hydrogens (tertiary/aromatic N) is 2. The normalized spacial score (nSPS) is 18.9. The Hall–Kier alpha value is -1.74. The van der Waals surface area contributed by atoms with Gasteiger partial charge in [0, 0.05) is 29.4 Å². The van der Waals surface area contributed by atoms with Crippen LogP contribution in [0.4, 0.5) is 0 Å². The molecule has 3 nitrogen and oxygen atoms in total. The number of hydrogen-bond acceptors (Lipinski definition) is 3. The van der Waals surface area contributed by atoms with Crippen molar-refractivity contribution < 1.29 is 0 Å². The van der Waals surface area contributed by atoms with Crippen molar-refractivity contribution in [1.82, 2.24) is 9.97 Å². The molecule has 1 aromatic heterocycles. The predicted octanol–water partition coefficient (Wildman–Crippen LogP) is 2.49. The first-order valence-electron chi connectivity index (χ1n) is 6.33. The lowest BCUT2D eigenvalue weighted by Gasteiger charge is -2.29. The van der Waals surface area contributed by atoms with Gasteiger partial charge in [-0.1, -0.05) is 24.3 Å². The fourth-order valence-electron chi connectivity index (χ4n) is 2.60. The van der Waals surface area contributed by atoms with Crippen LogP contribution >= 0.6 is 0 Å². The average molecular weight is 239 g/mol. The Bertz CT molecular complexity index is 590. The van der Waals surface area contributed by atoms with E-state index in [0.717, 1.165) is 23.5 Å². The molecule has 0 amide bonds. The lowest BCUT2D eigenvalue weighted by Crippen LogP contribution is -2.21. The smallest absolute Gasteiger partial charge is 0.136 e. The molecule has 3 rings (SSSR count). The largest absolute Gasteiger partial charge is 0.324 e. The zero-order valence-corrected chi connectivity index (χ0v) is 10.7. The SMILES string of the molecule is Cc1nc(C2Cc3ccccc32)ncc1C(C)N. The molecule has 0 saturated heterocycles. The molecule has 18 heavy (non-hydrogen) atoms. The Morgan fingerprint density at radius 3 is 2.78 bits per heavy atom. The van der Waals surface area contributed by atoms with Gasteiger partial charge in [0.25, 0.3) is 0 Å². The minimum Gasteiger partial charge on any atom is -0.324 e. The van der Waals surface area contributed by atoms with Crippen molar-refractivity contribution in [2.75, 3.05) is 0 Å². The molecule has 2 atom stereocenters. The van der Waals surface area contributed by atoms with Crippen LogP contribution in [0, 0.1) is 6.92 Å². The Morgan fingerprint density at radius 1 is 1.33 bits per heavy atom. The molecule has 1 aliphatic carbocycles. The highest BCUT2D eigenvalue weighted by atomic mass is 14.9. The molecule has 3 heteroatoms. The summed E-state index contributed by atoms with van der Waals surface area (Å²) in [6.45, 7) is 3.97. The summed E-state index contributed by atoms with van der Waals surface area (Å²) in [5.74, 6) is 1.29. The van der Waals surface area contributed by atoms with Crippen LogP contribution in [0.15, 0.2) is 30.5 Å². The van der Waals surface area contributed by atoms with Crippen LogP contribution < -0.4 is 5.73 Å². The van der Waals surface area contributed by atoms with Gasteiger partial charge in [-0.2, -0.15) is 0 Å². The van der Waals surface area contributed by atoms with Gasteiger partial charge >= 0.3 is 0 Å². The first-order valence-corrected chi connectivity index (χ1v) is 6.33. The van der Waals surface area contributed by atoms with Crippen molar-refractivity contribution in [3.8, 4) is 0 Å². The average Bonchev–Trinajstić information content (AvgIpc) is 2.30. The highest BCUT2D eigenvalue weighted by Gasteiger charge is 2.29. The van der Waals surface area contributed by atoms with Crippen LogP contribution in [0.25, 0.3) is 0 Å². The summed E-state index contributed by atoms with van der Waals surface area (Å²) in [5, 5.41) is 0. The number of fused-ring (bicyclic) bond motifs is 1. The number of nitrogens with two attached hydrogens (primary N) is 1. The van der Waals surface area contributed by atoms with Gasteiger partial charge in [0.05, 0.1) is 0 Å². The minimum absolute atomic E-state index is 0.00673. The Morgan fingerprint density at radius 2 is 2.11 bits per heavy atom. The molecule has 1 heterocycles. The van der Waals surface area contributed by atoms with Gasteiger partial charge in [0.2, 0.25) is 0 Å². The van der Waals surface area contributed by atoms with E-state index in [-0.39, 0.29) is 6.04 Å². The van der Waals surface area contributed by atoms with E-state index in [2.05, 4.69) is 34.2 Å². The Kier molecular flexibility index (Phi) is 2.63. The molecule has 0 saturated carbocycles. The molecule has 2 N–H and O–H groups in total. The van der Waals surface area contributed by atoms with E-state index >= 15 is 0 Å². The third-order valence-electron chi connectivity index (χ3n) is 3.69. The molecule has 0 spiro atoms. The van der Waals surface area contributed by atoms with E-state index in [1.165, 1.54) is 11.1 Å². The summed E-state index contributed by atoms with van der Waals surface area (Å²) in [6.07, 6.45) is 2.93. The number of hydrogen-bond donors (Lipinski definition) is 1. The lowest BCUT2D eigenvalue weighted by molar-refractivity contribution is 0.648. The van der Waals surface area contributed by atoms with Crippen LogP contribution in [0.1, 0.15) is 47.1 Å². The second-order valence-corrected chi connectivity index (χ2v) is 5.01. The molecule has 1 aromatic carbocycles. The van der Waals surface area contributed by atoms with Gasteiger partial charge in [-0.15, -0.1) is 0 Å². The van der Waals surface area contributed by atoms with Crippen molar-refractivity contribution >= 4 is 0 Å². The third-order valence-corrected chi connectivity index (χ3v) is 3.69. The van der Waals surface area contributed by atoms with E-state index in [1.54, 1.807) is 0 Å². The second kappa shape index (κ2) is 4.18. The third kappa shape index (κ3) is 1.71. The zero-order chi connectivity index (χ0) is 12.7. The standard InChI is InChI=1S/C15H17N3/c1-9(16)14-8-17-15(18-10(14)2)13-7-11-5-3-4-6-12(11)13/h3-6,8-9,13H,7,16H2,1-2H3. The van der Waals surface area contributed by atoms with Gasteiger partial charge in [-0.05, 0) is 31.4 Å². The first kappa shape index (κ1) is 11.4. The molecule has 0 fully saturated rings. The fourth-order valence-corrected chi connectivity index (χ4v) is 2.60. The van der Waals surface area contributed by atoms with E-state index < -0.39 is 0 Å². The van der Waals surface area contributed by atoms with Crippen LogP contribution in [0.3, 0.4) is 0 Å². The van der Waals surface area contributed by atoms with Gasteiger partial charge < -0.3 is 5.73 Å². The molecule has 0 radical (unpaired) electrons. The summed E-state index contributed by atoms with van der Waals surface area (Å²) in [4.78, 5) is 9.11. The van der Waals surface area contributed by atoms with Gasteiger partial charge in [0.15, 0.2) is 0 Å². The van der Waals surface area contributed by atoms with Gasteiger partial charge in [0.1, 0.15) is 5.82 Å². The predicted molar refractivity (Wildman–Crippen MR) is 71.4 cm³/mol. The first-order chi connectivity index (χ1) is 8.66. The van der Waals surface area contributed by atoms with Gasteiger partial charge in [-0.25, -0.2) is 9.97 Å². The zero-order valence-electron chi connectivity index (χ0n) is 10.7. The minimum atomic E-state index is -0.00673. The molecule has 0 bridgehead atoms. The number of benzene rings is 1. The molecule has 1 aliphatic rings. The summed E-state index contributed by atoms with van der Waals surface area (Å²) >= 11 is 0. The quantitative estimate of drug-likeness (QED) is 0.876. The maximum atomic E-state index is 5.88. The van der Waals surface area contributed by atoms with Gasteiger partial charge in [-0.3, -0.25) is 0 Å². The van der Waals surface area contributed by atoms with Crippen molar-refractivity contribution in [3.05, 3.63) is 58.7 Å². The highest BCUT2D eigenvalue weighted by molar-refractivity contribution is 5.44. The Balaban J connectivity index is 1.94. The van der Waals surface area contributed by atoms with Crippen LogP contribution in [-0.4, -0.2) is 9.97 Å². The summed E-state index contributed by atoms with van der Waals surface area (Å²) in [6, 6.07) is 8.50. The highest BCUT2D eigenvalue weighted by Crippen LogP contribution is 2.38. The van der Waals surface area contributed by atoms with Crippen LogP contribution in [0.5, 0.6) is 0 Å². The summed E-state index contributed by atoms with van der Waals surface area (Å²) < 4.78 is 0. The van der Waals surface area contributed by atoms with Crippen molar-refractivity contribution in [3.63, 3.8) is 0 Å². The summed E-state index contributed by atoms with van der Waals surface area (Å²) in [7, 11) is 0. The number of aromatic nitrogens is 2. The second-order valence-electron chi connectivity index (χ2n) is 5.01. The van der Waals surface area contributed by atoms with Crippen molar-refractivity contribution in [1.29, 1.82) is 0 Å². The fraction of sp³-hybridized carbons (Fsp3) is 0.333. The van der Waals surface area contributed by atoms with E-state index in [9.17, 15) is 0 Å². The van der Waals surface area contributed by atoms with Crippen LogP contribution in [0.2, 0.25) is 0 Å².